The van der Waals surface area contributed by atoms with Gasteiger partial charge in [0.05, 0.1) is 5.69 Å². The second-order valence-corrected chi connectivity index (χ2v) is 6.80. The molecule has 2 aromatic carbocycles. The van der Waals surface area contributed by atoms with Crippen LogP contribution in [-0.2, 0) is 4.79 Å². The van der Waals surface area contributed by atoms with Gasteiger partial charge in [0, 0.05) is 50.5 Å². The van der Waals surface area contributed by atoms with Crippen molar-refractivity contribution >= 4 is 23.9 Å². The van der Waals surface area contributed by atoms with Gasteiger partial charge in [-0.15, -0.1) is 0 Å². The number of hydrogen-bond donors (Lipinski definition) is 0. The summed E-state index contributed by atoms with van der Waals surface area (Å²) in [6, 6.07) is 22.3. The molecular formula is C22H23N5O. The highest BCUT2D eigenvalue weighted by Gasteiger charge is 2.20. The highest BCUT2D eigenvalue weighted by atomic mass is 16.1. The number of hydrogen-bond acceptors (Lipinski definition) is 5. The van der Waals surface area contributed by atoms with Crippen molar-refractivity contribution in [1.82, 2.24) is 14.9 Å². The summed E-state index contributed by atoms with van der Waals surface area (Å²) in [6.45, 7) is 2.83. The Morgan fingerprint density at radius 3 is 2.18 bits per heavy atom. The van der Waals surface area contributed by atoms with Gasteiger partial charge in [0.2, 0.25) is 12.4 Å². The van der Waals surface area contributed by atoms with Crippen molar-refractivity contribution in [3.8, 4) is 11.3 Å². The van der Waals surface area contributed by atoms with Gasteiger partial charge in [0.25, 0.3) is 0 Å². The molecule has 2 heterocycles. The van der Waals surface area contributed by atoms with E-state index in [2.05, 4.69) is 34.1 Å². The predicted octanol–water partition coefficient (Wildman–Crippen LogP) is 3.19. The molecule has 28 heavy (non-hydrogen) atoms. The highest BCUT2D eigenvalue weighted by Crippen LogP contribution is 2.28. The van der Waals surface area contributed by atoms with E-state index >= 15 is 0 Å². The molecule has 1 aliphatic rings. The van der Waals surface area contributed by atoms with Crippen molar-refractivity contribution in [3.05, 3.63) is 66.7 Å². The van der Waals surface area contributed by atoms with Gasteiger partial charge in [0.1, 0.15) is 5.82 Å². The molecular weight excluding hydrogens is 350 g/mol. The molecule has 0 bridgehead atoms. The number of aromatic nitrogens is 2. The normalized spacial score (nSPS) is 14.0. The van der Waals surface area contributed by atoms with Gasteiger partial charge < -0.3 is 14.7 Å². The third-order valence-electron chi connectivity index (χ3n) is 5.00. The molecule has 142 valence electrons. The van der Waals surface area contributed by atoms with Crippen molar-refractivity contribution in [1.29, 1.82) is 0 Å². The summed E-state index contributed by atoms with van der Waals surface area (Å²) in [5, 5.41) is 0. The molecule has 0 aliphatic carbocycles. The molecule has 0 spiro atoms. The largest absolute Gasteiger partial charge is 0.342 e. The SMILES string of the molecule is CN(c1ccccc1)c1cc(-c2ccccc2)nc(N2CCN(C=O)CC2)n1. The Morgan fingerprint density at radius 2 is 1.54 bits per heavy atom. The first-order chi connectivity index (χ1) is 13.7. The zero-order valence-electron chi connectivity index (χ0n) is 15.9. The van der Waals surface area contributed by atoms with Crippen LogP contribution in [0.15, 0.2) is 66.7 Å². The smallest absolute Gasteiger partial charge is 0.228 e. The van der Waals surface area contributed by atoms with Gasteiger partial charge in [-0.05, 0) is 12.1 Å². The summed E-state index contributed by atoms with van der Waals surface area (Å²) in [5.74, 6) is 1.54. The van der Waals surface area contributed by atoms with Crippen LogP contribution in [0.3, 0.4) is 0 Å². The first kappa shape index (κ1) is 18.0. The van der Waals surface area contributed by atoms with E-state index in [0.29, 0.717) is 19.0 Å². The third kappa shape index (κ3) is 3.81. The number of carbonyl (C=O) groups is 1. The molecule has 0 radical (unpaired) electrons. The van der Waals surface area contributed by atoms with Crippen molar-refractivity contribution in [2.24, 2.45) is 0 Å². The molecule has 1 fully saturated rings. The summed E-state index contributed by atoms with van der Waals surface area (Å²) < 4.78 is 0. The fraction of sp³-hybridized carbons (Fsp3) is 0.227. The molecule has 1 aromatic heterocycles. The van der Waals surface area contributed by atoms with Gasteiger partial charge >= 0.3 is 0 Å². The maximum Gasteiger partial charge on any atom is 0.228 e. The standard InChI is InChI=1S/C22H23N5O/c1-25(19-10-6-3-7-11-19)21-16-20(18-8-4-2-5-9-18)23-22(24-21)27-14-12-26(17-28)13-15-27/h2-11,16-17H,12-15H2,1H3. The van der Waals surface area contributed by atoms with E-state index in [1.807, 2.05) is 49.5 Å². The first-order valence-corrected chi connectivity index (χ1v) is 9.42. The van der Waals surface area contributed by atoms with Crippen LogP contribution in [0.5, 0.6) is 0 Å². The van der Waals surface area contributed by atoms with Crippen LogP contribution < -0.4 is 9.80 Å². The van der Waals surface area contributed by atoms with Crippen molar-refractivity contribution in [3.63, 3.8) is 0 Å². The summed E-state index contributed by atoms with van der Waals surface area (Å²) in [4.78, 5) is 26.7. The molecule has 0 N–H and O–H groups in total. The summed E-state index contributed by atoms with van der Waals surface area (Å²) in [6.07, 6.45) is 0.910. The van der Waals surface area contributed by atoms with Gasteiger partial charge in [-0.3, -0.25) is 4.79 Å². The van der Waals surface area contributed by atoms with Crippen LogP contribution in [-0.4, -0.2) is 54.5 Å². The van der Waals surface area contributed by atoms with E-state index < -0.39 is 0 Å². The topological polar surface area (TPSA) is 52.6 Å². The van der Waals surface area contributed by atoms with Gasteiger partial charge in [-0.25, -0.2) is 4.98 Å². The second-order valence-electron chi connectivity index (χ2n) is 6.80. The molecule has 0 unspecified atom stereocenters. The molecule has 1 aliphatic heterocycles. The monoisotopic (exact) mass is 373 g/mol. The molecule has 4 rings (SSSR count). The number of nitrogens with zero attached hydrogens (tertiary/aromatic N) is 5. The lowest BCUT2D eigenvalue weighted by atomic mass is 10.1. The quantitative estimate of drug-likeness (QED) is 0.643. The van der Waals surface area contributed by atoms with Crippen LogP contribution in [0, 0.1) is 0 Å². The molecule has 3 aromatic rings. The summed E-state index contributed by atoms with van der Waals surface area (Å²) >= 11 is 0. The summed E-state index contributed by atoms with van der Waals surface area (Å²) in [7, 11) is 2.01. The lowest BCUT2D eigenvalue weighted by molar-refractivity contribution is -0.118. The van der Waals surface area contributed by atoms with Gasteiger partial charge in [-0.1, -0.05) is 48.5 Å². The minimum absolute atomic E-state index is 0.687. The van der Waals surface area contributed by atoms with E-state index in [-0.39, 0.29) is 0 Å². The van der Waals surface area contributed by atoms with Crippen molar-refractivity contribution in [2.75, 3.05) is 43.0 Å². The second kappa shape index (κ2) is 8.08. The van der Waals surface area contributed by atoms with Gasteiger partial charge in [0.15, 0.2) is 0 Å². The average molecular weight is 373 g/mol. The molecule has 6 nitrogen and oxygen atoms in total. The van der Waals surface area contributed by atoms with E-state index in [1.54, 1.807) is 4.90 Å². The number of amides is 1. The minimum atomic E-state index is 0.687. The van der Waals surface area contributed by atoms with Crippen LogP contribution in [0.1, 0.15) is 0 Å². The number of rotatable bonds is 5. The lowest BCUT2D eigenvalue weighted by Gasteiger charge is -2.33. The summed E-state index contributed by atoms with van der Waals surface area (Å²) in [5.41, 5.74) is 3.01. The molecule has 0 atom stereocenters. The highest BCUT2D eigenvalue weighted by molar-refractivity contribution is 5.68. The Labute approximate surface area is 165 Å². The maximum atomic E-state index is 11.0. The fourth-order valence-electron chi connectivity index (χ4n) is 3.30. The number of para-hydroxylation sites is 1. The molecule has 1 saturated heterocycles. The Bertz CT molecular complexity index is 924. The van der Waals surface area contributed by atoms with Crippen molar-refractivity contribution < 1.29 is 4.79 Å². The zero-order valence-corrected chi connectivity index (χ0v) is 15.9. The first-order valence-electron chi connectivity index (χ1n) is 9.42. The fourth-order valence-corrected chi connectivity index (χ4v) is 3.30. The Kier molecular flexibility index (Phi) is 5.19. The molecule has 1 amide bonds. The number of benzene rings is 2. The van der Waals surface area contributed by atoms with Crippen LogP contribution in [0.2, 0.25) is 0 Å². The van der Waals surface area contributed by atoms with E-state index in [9.17, 15) is 4.79 Å². The predicted molar refractivity (Wildman–Crippen MR) is 112 cm³/mol. The maximum absolute atomic E-state index is 11.0. The van der Waals surface area contributed by atoms with E-state index in [4.69, 9.17) is 9.97 Å². The van der Waals surface area contributed by atoms with Crippen LogP contribution in [0.4, 0.5) is 17.5 Å². The Morgan fingerprint density at radius 1 is 0.893 bits per heavy atom. The van der Waals surface area contributed by atoms with Crippen LogP contribution in [0.25, 0.3) is 11.3 Å². The van der Waals surface area contributed by atoms with Crippen molar-refractivity contribution in [2.45, 2.75) is 0 Å². The molecule has 0 saturated carbocycles. The number of piperazine rings is 1. The number of carbonyl (C=O) groups excluding carboxylic acids is 1. The lowest BCUT2D eigenvalue weighted by Crippen LogP contribution is -2.46. The van der Waals surface area contributed by atoms with Gasteiger partial charge in [-0.2, -0.15) is 4.98 Å². The minimum Gasteiger partial charge on any atom is -0.342 e. The Balaban J connectivity index is 1.72. The average Bonchev–Trinajstić information content (AvgIpc) is 2.79. The number of anilines is 3. The van der Waals surface area contributed by atoms with E-state index in [0.717, 1.165) is 42.3 Å². The van der Waals surface area contributed by atoms with Crippen LogP contribution >= 0.6 is 0 Å². The van der Waals surface area contributed by atoms with E-state index in [1.165, 1.54) is 0 Å². The zero-order chi connectivity index (χ0) is 19.3. The Hall–Kier alpha value is -3.41. The molecule has 6 heteroatoms. The third-order valence-corrected chi connectivity index (χ3v) is 5.00.